The van der Waals surface area contributed by atoms with Crippen LogP contribution in [0, 0.1) is 13.8 Å². The van der Waals surface area contributed by atoms with E-state index in [-0.39, 0.29) is 6.04 Å². The Morgan fingerprint density at radius 1 is 0.967 bits per heavy atom. The molecule has 0 saturated carbocycles. The van der Waals surface area contributed by atoms with Crippen molar-refractivity contribution in [2.75, 3.05) is 0 Å². The molecule has 3 heterocycles. The third-order valence-electron chi connectivity index (χ3n) is 6.24. The minimum atomic E-state index is -0.846. The zero-order chi connectivity index (χ0) is 21.0. The van der Waals surface area contributed by atoms with Crippen LogP contribution in [0.1, 0.15) is 54.4 Å². The van der Waals surface area contributed by atoms with Gasteiger partial charge in [0.1, 0.15) is 11.3 Å². The summed E-state index contributed by atoms with van der Waals surface area (Å²) in [5.41, 5.74) is 7.91. The number of nitrogens with zero attached hydrogens (tertiary/aromatic N) is 3. The Hall–Kier alpha value is -2.98. The highest BCUT2D eigenvalue weighted by atomic mass is 16.3. The molecule has 0 radical (unpaired) electrons. The highest BCUT2D eigenvalue weighted by Gasteiger charge is 2.29. The molecule has 2 aromatic heterocycles. The van der Waals surface area contributed by atoms with Gasteiger partial charge in [-0.3, -0.25) is 0 Å². The van der Waals surface area contributed by atoms with E-state index in [1.54, 1.807) is 13.8 Å². The summed E-state index contributed by atoms with van der Waals surface area (Å²) in [4.78, 5) is 9.90. The first-order chi connectivity index (χ1) is 14.3. The van der Waals surface area contributed by atoms with Gasteiger partial charge in [-0.25, -0.2) is 9.97 Å². The Balaban J connectivity index is 1.60. The number of hydrogen-bond donors (Lipinski definition) is 1. The summed E-state index contributed by atoms with van der Waals surface area (Å²) in [6.07, 6.45) is 2.04. The monoisotopic (exact) mass is 397 g/mol. The first kappa shape index (κ1) is 19.0. The number of imidazole rings is 1. The Bertz CT molecular complexity index is 1250. The van der Waals surface area contributed by atoms with E-state index < -0.39 is 5.60 Å². The Labute approximate surface area is 177 Å². The van der Waals surface area contributed by atoms with Crippen molar-refractivity contribution in [1.82, 2.24) is 14.5 Å². The fourth-order valence-corrected chi connectivity index (χ4v) is 4.54. The Morgan fingerprint density at radius 2 is 1.73 bits per heavy atom. The van der Waals surface area contributed by atoms with Crippen molar-refractivity contribution in [2.24, 2.45) is 0 Å². The van der Waals surface area contributed by atoms with Crippen molar-refractivity contribution in [2.45, 2.75) is 52.2 Å². The topological polar surface area (TPSA) is 50.9 Å². The first-order valence-corrected chi connectivity index (χ1v) is 10.6. The molecule has 4 heteroatoms. The number of pyridine rings is 1. The van der Waals surface area contributed by atoms with E-state index in [0.717, 1.165) is 46.7 Å². The number of hydrogen-bond acceptors (Lipinski definition) is 3. The molecule has 0 aliphatic carbocycles. The summed E-state index contributed by atoms with van der Waals surface area (Å²) in [5.74, 6) is 1.12. The highest BCUT2D eigenvalue weighted by Crippen LogP contribution is 2.37. The van der Waals surface area contributed by atoms with Gasteiger partial charge in [0.2, 0.25) is 0 Å². The lowest BCUT2D eigenvalue weighted by atomic mass is 9.96. The molecule has 152 valence electrons. The molecule has 0 saturated heterocycles. The Kier molecular flexibility index (Phi) is 4.30. The van der Waals surface area contributed by atoms with Crippen molar-refractivity contribution in [3.05, 3.63) is 82.7 Å². The van der Waals surface area contributed by atoms with Gasteiger partial charge in [-0.2, -0.15) is 0 Å². The molecule has 0 amide bonds. The van der Waals surface area contributed by atoms with E-state index in [4.69, 9.17) is 9.97 Å². The zero-order valence-corrected chi connectivity index (χ0v) is 18.0. The van der Waals surface area contributed by atoms with E-state index in [0.29, 0.717) is 0 Å². The lowest BCUT2D eigenvalue weighted by Crippen LogP contribution is -2.14. The lowest BCUT2D eigenvalue weighted by Gasteiger charge is -2.18. The molecule has 1 N–H and O–H groups in total. The third kappa shape index (κ3) is 3.12. The number of aromatic nitrogens is 3. The van der Waals surface area contributed by atoms with E-state index in [9.17, 15) is 5.11 Å². The fraction of sp³-hybridized carbons (Fsp3) is 0.308. The van der Waals surface area contributed by atoms with Gasteiger partial charge in [0.25, 0.3) is 0 Å². The van der Waals surface area contributed by atoms with Crippen LogP contribution >= 0.6 is 0 Å². The van der Waals surface area contributed by atoms with E-state index >= 15 is 0 Å². The highest BCUT2D eigenvalue weighted by molar-refractivity contribution is 5.77. The van der Waals surface area contributed by atoms with Crippen LogP contribution in [-0.4, -0.2) is 19.6 Å². The molecule has 1 atom stereocenters. The third-order valence-corrected chi connectivity index (χ3v) is 6.24. The maximum Gasteiger partial charge on any atom is 0.161 e. The largest absolute Gasteiger partial charge is 0.386 e. The first-order valence-electron chi connectivity index (χ1n) is 10.6. The van der Waals surface area contributed by atoms with Gasteiger partial charge in [0.05, 0.1) is 17.3 Å². The van der Waals surface area contributed by atoms with Crippen molar-refractivity contribution in [1.29, 1.82) is 0 Å². The molecule has 0 unspecified atom stereocenters. The summed E-state index contributed by atoms with van der Waals surface area (Å²) < 4.78 is 2.34. The number of aliphatic hydroxyl groups is 1. The zero-order valence-electron chi connectivity index (χ0n) is 18.0. The predicted octanol–water partition coefficient (Wildman–Crippen LogP) is 5.48. The van der Waals surface area contributed by atoms with Crippen LogP contribution in [0.2, 0.25) is 0 Å². The van der Waals surface area contributed by atoms with Crippen LogP contribution in [0.15, 0.2) is 54.6 Å². The van der Waals surface area contributed by atoms with Gasteiger partial charge >= 0.3 is 0 Å². The van der Waals surface area contributed by atoms with Crippen molar-refractivity contribution < 1.29 is 5.11 Å². The molecule has 0 fully saturated rings. The summed E-state index contributed by atoms with van der Waals surface area (Å²) in [7, 11) is 0. The lowest BCUT2D eigenvalue weighted by molar-refractivity contribution is 0.0786. The quantitative estimate of drug-likeness (QED) is 0.498. The number of rotatable bonds is 3. The van der Waals surface area contributed by atoms with Gasteiger partial charge in [0.15, 0.2) is 5.65 Å². The molecule has 0 spiro atoms. The van der Waals surface area contributed by atoms with E-state index in [1.165, 1.54) is 16.7 Å². The molecule has 2 aromatic carbocycles. The van der Waals surface area contributed by atoms with Crippen molar-refractivity contribution in [3.63, 3.8) is 0 Å². The van der Waals surface area contributed by atoms with Gasteiger partial charge in [0, 0.05) is 12.0 Å². The fourth-order valence-electron chi connectivity index (χ4n) is 4.54. The average molecular weight is 398 g/mol. The number of benzene rings is 2. The van der Waals surface area contributed by atoms with Crippen molar-refractivity contribution >= 4 is 11.2 Å². The van der Waals surface area contributed by atoms with Crippen molar-refractivity contribution in [3.8, 4) is 11.3 Å². The summed E-state index contributed by atoms with van der Waals surface area (Å²) in [6.45, 7) is 7.94. The second kappa shape index (κ2) is 6.78. The molecule has 30 heavy (non-hydrogen) atoms. The van der Waals surface area contributed by atoms with E-state index in [1.807, 2.05) is 30.3 Å². The minimum Gasteiger partial charge on any atom is -0.386 e. The molecule has 4 nitrogen and oxygen atoms in total. The molecule has 0 bridgehead atoms. The molecule has 1 aliphatic rings. The van der Waals surface area contributed by atoms with Gasteiger partial charge in [-0.05, 0) is 62.9 Å². The molecule has 5 rings (SSSR count). The van der Waals surface area contributed by atoms with Crippen LogP contribution in [0.3, 0.4) is 0 Å². The molecule has 4 aromatic rings. The smallest absolute Gasteiger partial charge is 0.161 e. The molecule has 1 aliphatic heterocycles. The Morgan fingerprint density at radius 3 is 2.47 bits per heavy atom. The van der Waals surface area contributed by atoms with Crippen LogP contribution in [0.5, 0.6) is 0 Å². The minimum absolute atomic E-state index is 0.283. The average Bonchev–Trinajstić information content (AvgIpc) is 3.28. The van der Waals surface area contributed by atoms with Gasteiger partial charge in [-0.1, -0.05) is 48.0 Å². The number of aryl methyl sites for hydroxylation is 3. The summed E-state index contributed by atoms with van der Waals surface area (Å²) >= 11 is 0. The van der Waals surface area contributed by atoms with Gasteiger partial charge in [-0.15, -0.1) is 0 Å². The van der Waals surface area contributed by atoms with Crippen LogP contribution in [0.25, 0.3) is 22.4 Å². The van der Waals surface area contributed by atoms with Crippen LogP contribution < -0.4 is 0 Å². The standard InChI is InChI=1S/C26H27N3O/c1-16-5-6-17(2)20(15-16)23-13-14-24-27-22-12-11-21(28-25(22)29(23)24)18-7-9-19(10-8-18)26(3,4)30/h5-12,15,23,30H,13-14H2,1-4H3/t23-/m1/s1. The van der Waals surface area contributed by atoms with E-state index in [2.05, 4.69) is 42.7 Å². The second-order valence-corrected chi connectivity index (χ2v) is 8.99. The maximum atomic E-state index is 10.2. The predicted molar refractivity (Wildman–Crippen MR) is 121 cm³/mol. The van der Waals surface area contributed by atoms with Crippen LogP contribution in [-0.2, 0) is 12.0 Å². The summed E-state index contributed by atoms with van der Waals surface area (Å²) in [6, 6.07) is 19.1. The SMILES string of the molecule is Cc1ccc(C)c([C@H]2CCc3nc4ccc(-c5ccc(C(C)(C)O)cc5)nc4n32)c1. The van der Waals surface area contributed by atoms with Crippen LogP contribution in [0.4, 0.5) is 0 Å². The molecular formula is C26H27N3O. The van der Waals surface area contributed by atoms with Gasteiger partial charge < -0.3 is 9.67 Å². The number of fused-ring (bicyclic) bond motifs is 3. The second-order valence-electron chi connectivity index (χ2n) is 8.99. The summed E-state index contributed by atoms with van der Waals surface area (Å²) in [5, 5.41) is 10.2. The normalized spacial score (nSPS) is 16.2. The maximum absolute atomic E-state index is 10.2. The molecular weight excluding hydrogens is 370 g/mol.